The van der Waals surface area contributed by atoms with E-state index in [9.17, 15) is 14.4 Å². The molecular weight excluding hydrogens is 455 g/mol. The third kappa shape index (κ3) is 7.43. The van der Waals surface area contributed by atoms with Gasteiger partial charge in [0.05, 0.1) is 7.11 Å². The van der Waals surface area contributed by atoms with Gasteiger partial charge in [-0.25, -0.2) is 9.59 Å². The molecule has 0 fully saturated rings. The van der Waals surface area contributed by atoms with Gasteiger partial charge in [-0.05, 0) is 29.2 Å². The molecule has 9 heteroatoms. The number of benzene rings is 2. The lowest BCUT2D eigenvalue weighted by molar-refractivity contribution is -0.145. The molecule has 0 heterocycles. The Bertz CT molecular complexity index is 917. The van der Waals surface area contributed by atoms with Crippen molar-refractivity contribution < 1.29 is 23.9 Å². The average molecular weight is 481 g/mol. The molecule has 2 aromatic rings. The second kappa shape index (κ2) is 12.3. The minimum Gasteiger partial charge on any atom is -0.467 e. The topological polar surface area (TPSA) is 93.7 Å². The number of hydrogen-bond donors (Lipinski definition) is 2. The first kappa shape index (κ1) is 25.5. The third-order valence-corrected chi connectivity index (χ3v) is 5.42. The normalized spacial score (nSPS) is 12.6. The average Bonchev–Trinajstić information content (AvgIpc) is 2.77. The van der Waals surface area contributed by atoms with Crippen molar-refractivity contribution in [1.29, 1.82) is 0 Å². The van der Waals surface area contributed by atoms with Crippen LogP contribution >= 0.6 is 23.2 Å². The summed E-state index contributed by atoms with van der Waals surface area (Å²) in [5.41, 5.74) is 1.32. The first-order valence-corrected chi connectivity index (χ1v) is 10.8. The van der Waals surface area contributed by atoms with Crippen LogP contribution in [0.5, 0.6) is 0 Å². The number of halogens is 2. The molecule has 32 heavy (non-hydrogen) atoms. The van der Waals surface area contributed by atoms with Crippen molar-refractivity contribution in [1.82, 2.24) is 10.6 Å². The van der Waals surface area contributed by atoms with Crippen molar-refractivity contribution >= 4 is 41.2 Å². The van der Waals surface area contributed by atoms with Gasteiger partial charge in [0.25, 0.3) is 0 Å². The Labute approximate surface area is 197 Å². The Balaban J connectivity index is 2.07. The van der Waals surface area contributed by atoms with Crippen LogP contribution in [0.3, 0.4) is 0 Å². The minimum atomic E-state index is -1.05. The molecule has 2 atom stereocenters. The number of esters is 1. The molecule has 2 N–H and O–H groups in total. The second-order valence-corrected chi connectivity index (χ2v) is 8.23. The maximum Gasteiger partial charge on any atom is 0.408 e. The SMILES string of the molecule is COC(=O)[C@@H](Cc1c(Cl)cccc1Cl)NC(=O)[C@H](NC(=O)OCc1ccccc1)C(C)C. The molecule has 7 nitrogen and oxygen atoms in total. The van der Waals surface area contributed by atoms with Crippen LogP contribution in [0.2, 0.25) is 10.0 Å². The van der Waals surface area contributed by atoms with E-state index in [2.05, 4.69) is 10.6 Å². The molecule has 0 saturated heterocycles. The molecule has 0 radical (unpaired) electrons. The van der Waals surface area contributed by atoms with Gasteiger partial charge >= 0.3 is 12.1 Å². The van der Waals surface area contributed by atoms with E-state index in [0.29, 0.717) is 15.6 Å². The van der Waals surface area contributed by atoms with Crippen LogP contribution in [-0.4, -0.2) is 37.2 Å². The molecule has 172 valence electrons. The fraction of sp³-hybridized carbons (Fsp3) is 0.348. The van der Waals surface area contributed by atoms with Gasteiger partial charge in [-0.1, -0.05) is 73.4 Å². The zero-order valence-corrected chi connectivity index (χ0v) is 19.6. The van der Waals surface area contributed by atoms with Crippen molar-refractivity contribution in [2.75, 3.05) is 7.11 Å². The molecule has 0 aromatic heterocycles. The van der Waals surface area contributed by atoms with Crippen molar-refractivity contribution in [3.8, 4) is 0 Å². The van der Waals surface area contributed by atoms with Crippen molar-refractivity contribution in [2.24, 2.45) is 5.92 Å². The Morgan fingerprint density at radius 2 is 1.56 bits per heavy atom. The van der Waals surface area contributed by atoms with Gasteiger partial charge in [0.15, 0.2) is 0 Å². The Morgan fingerprint density at radius 3 is 2.12 bits per heavy atom. The van der Waals surface area contributed by atoms with Crippen LogP contribution in [0.1, 0.15) is 25.0 Å². The summed E-state index contributed by atoms with van der Waals surface area (Å²) in [6.45, 7) is 3.59. The second-order valence-electron chi connectivity index (χ2n) is 7.42. The van der Waals surface area contributed by atoms with E-state index in [1.165, 1.54) is 7.11 Å². The first-order chi connectivity index (χ1) is 15.2. The third-order valence-electron chi connectivity index (χ3n) is 4.71. The quantitative estimate of drug-likeness (QED) is 0.525. The number of carbonyl (C=O) groups excluding carboxylic acids is 3. The highest BCUT2D eigenvalue weighted by Crippen LogP contribution is 2.25. The van der Waals surface area contributed by atoms with E-state index in [4.69, 9.17) is 32.7 Å². The molecule has 2 aromatic carbocycles. The van der Waals surface area contributed by atoms with Crippen LogP contribution in [0.4, 0.5) is 4.79 Å². The maximum atomic E-state index is 12.9. The van der Waals surface area contributed by atoms with Gasteiger partial charge in [0.2, 0.25) is 5.91 Å². The Kier molecular flexibility index (Phi) is 9.81. The molecular formula is C23H26Cl2N2O5. The first-order valence-electron chi connectivity index (χ1n) is 10.0. The zero-order valence-electron chi connectivity index (χ0n) is 18.1. The van der Waals surface area contributed by atoms with E-state index >= 15 is 0 Å². The predicted molar refractivity (Wildman–Crippen MR) is 123 cm³/mol. The summed E-state index contributed by atoms with van der Waals surface area (Å²) in [5, 5.41) is 5.92. The largest absolute Gasteiger partial charge is 0.467 e. The molecule has 0 aliphatic heterocycles. The molecule has 0 bridgehead atoms. The number of carbonyl (C=O) groups is 3. The predicted octanol–water partition coefficient (Wildman–Crippen LogP) is 4.14. The molecule has 0 spiro atoms. The van der Waals surface area contributed by atoms with Crippen LogP contribution < -0.4 is 10.6 Å². The summed E-state index contributed by atoms with van der Waals surface area (Å²) in [6, 6.07) is 12.1. The number of amides is 2. The van der Waals surface area contributed by atoms with Crippen LogP contribution in [-0.2, 0) is 32.1 Å². The highest BCUT2D eigenvalue weighted by Gasteiger charge is 2.30. The van der Waals surface area contributed by atoms with Crippen LogP contribution in [0.15, 0.2) is 48.5 Å². The Morgan fingerprint density at radius 1 is 0.938 bits per heavy atom. The minimum absolute atomic E-state index is 0.0280. The summed E-state index contributed by atoms with van der Waals surface area (Å²) < 4.78 is 10.0. The van der Waals surface area contributed by atoms with Gasteiger partial charge < -0.3 is 20.1 Å². The van der Waals surface area contributed by atoms with E-state index in [1.54, 1.807) is 32.0 Å². The van der Waals surface area contributed by atoms with E-state index in [0.717, 1.165) is 5.56 Å². The van der Waals surface area contributed by atoms with Crippen molar-refractivity contribution in [2.45, 2.75) is 39.0 Å². The fourth-order valence-electron chi connectivity index (χ4n) is 2.96. The number of ether oxygens (including phenoxy) is 2. The van der Waals surface area contributed by atoms with Gasteiger partial charge in [-0.15, -0.1) is 0 Å². The summed E-state index contributed by atoms with van der Waals surface area (Å²) >= 11 is 12.4. The van der Waals surface area contributed by atoms with E-state index < -0.39 is 30.1 Å². The lowest BCUT2D eigenvalue weighted by Crippen LogP contribution is -2.54. The van der Waals surface area contributed by atoms with Gasteiger partial charge in [-0.3, -0.25) is 4.79 Å². The van der Waals surface area contributed by atoms with E-state index in [-0.39, 0.29) is 18.9 Å². The highest BCUT2D eigenvalue weighted by atomic mass is 35.5. The molecule has 2 rings (SSSR count). The van der Waals surface area contributed by atoms with Crippen molar-refractivity contribution in [3.63, 3.8) is 0 Å². The monoisotopic (exact) mass is 480 g/mol. The molecule has 0 aliphatic carbocycles. The molecule has 2 amide bonds. The lowest BCUT2D eigenvalue weighted by atomic mass is 10.0. The smallest absolute Gasteiger partial charge is 0.408 e. The molecule has 0 saturated carbocycles. The van der Waals surface area contributed by atoms with Gasteiger partial charge in [0.1, 0.15) is 18.7 Å². The fourth-order valence-corrected chi connectivity index (χ4v) is 3.51. The van der Waals surface area contributed by atoms with E-state index in [1.807, 2.05) is 30.3 Å². The Hall–Kier alpha value is -2.77. The summed E-state index contributed by atoms with van der Waals surface area (Å²) in [6.07, 6.45) is -0.716. The van der Waals surface area contributed by atoms with Crippen LogP contribution in [0, 0.1) is 5.92 Å². The van der Waals surface area contributed by atoms with Crippen LogP contribution in [0.25, 0.3) is 0 Å². The van der Waals surface area contributed by atoms with Gasteiger partial charge in [0, 0.05) is 16.5 Å². The number of rotatable bonds is 9. The standard InChI is InChI=1S/C23H26Cl2N2O5/c1-14(2)20(27-23(30)32-13-15-8-5-4-6-9-15)21(28)26-19(22(29)31-3)12-16-17(24)10-7-11-18(16)25/h4-11,14,19-20H,12-13H2,1-3H3,(H,26,28)(H,27,30)/t19-,20-/m1/s1. The van der Waals surface area contributed by atoms with Crippen molar-refractivity contribution in [3.05, 3.63) is 69.7 Å². The number of alkyl carbamates (subject to hydrolysis) is 1. The number of nitrogens with one attached hydrogen (secondary N) is 2. The lowest BCUT2D eigenvalue weighted by Gasteiger charge is -2.24. The summed E-state index contributed by atoms with van der Waals surface area (Å²) in [5.74, 6) is -1.50. The van der Waals surface area contributed by atoms with Gasteiger partial charge in [-0.2, -0.15) is 0 Å². The summed E-state index contributed by atoms with van der Waals surface area (Å²) in [4.78, 5) is 37.5. The number of hydrogen-bond acceptors (Lipinski definition) is 5. The zero-order chi connectivity index (χ0) is 23.7. The maximum absolute atomic E-state index is 12.9. The highest BCUT2D eigenvalue weighted by molar-refractivity contribution is 6.36. The molecule has 0 aliphatic rings. The molecule has 0 unspecified atom stereocenters. The summed E-state index contributed by atoms with van der Waals surface area (Å²) in [7, 11) is 1.22. The number of methoxy groups -OCH3 is 1.